The van der Waals surface area contributed by atoms with Crippen LogP contribution < -0.4 is 10.2 Å². The number of methoxy groups -OCH3 is 1. The molecule has 2 aromatic carbocycles. The van der Waals surface area contributed by atoms with Crippen molar-refractivity contribution >= 4 is 34.3 Å². The summed E-state index contributed by atoms with van der Waals surface area (Å²) in [6, 6.07) is 16.2. The fourth-order valence-corrected chi connectivity index (χ4v) is 3.93. The first kappa shape index (κ1) is 20.8. The number of benzene rings is 2. The van der Waals surface area contributed by atoms with Crippen LogP contribution in [0.1, 0.15) is 12.0 Å². The van der Waals surface area contributed by atoms with Crippen molar-refractivity contribution in [2.24, 2.45) is 0 Å². The molecule has 0 bridgehead atoms. The van der Waals surface area contributed by atoms with Gasteiger partial charge in [0, 0.05) is 63.4 Å². The summed E-state index contributed by atoms with van der Waals surface area (Å²) in [7, 11) is 1.73. The Morgan fingerprint density at radius 3 is 2.57 bits per heavy atom. The molecule has 1 aliphatic heterocycles. The molecule has 0 atom stereocenters. The van der Waals surface area contributed by atoms with Gasteiger partial charge in [-0.3, -0.25) is 4.90 Å². The highest BCUT2D eigenvalue weighted by Gasteiger charge is 2.21. The predicted molar refractivity (Wildman–Crippen MR) is 123 cm³/mol. The van der Waals surface area contributed by atoms with Gasteiger partial charge in [0.05, 0.1) is 5.52 Å². The zero-order valence-corrected chi connectivity index (χ0v) is 18.1. The summed E-state index contributed by atoms with van der Waals surface area (Å²) in [5.41, 5.74) is 2.15. The van der Waals surface area contributed by atoms with E-state index in [-0.39, 0.29) is 0 Å². The van der Waals surface area contributed by atoms with Crippen LogP contribution in [-0.2, 0) is 11.3 Å². The largest absolute Gasteiger partial charge is 0.385 e. The number of rotatable bonds is 8. The first-order valence-electron chi connectivity index (χ1n) is 10.4. The van der Waals surface area contributed by atoms with E-state index in [1.807, 2.05) is 30.3 Å². The van der Waals surface area contributed by atoms with E-state index < -0.39 is 0 Å². The first-order chi connectivity index (χ1) is 14.7. The van der Waals surface area contributed by atoms with Crippen molar-refractivity contribution in [3.8, 4) is 0 Å². The Balaban J connectivity index is 1.45. The van der Waals surface area contributed by atoms with E-state index in [0.29, 0.717) is 0 Å². The van der Waals surface area contributed by atoms with Gasteiger partial charge in [0.1, 0.15) is 5.82 Å². The van der Waals surface area contributed by atoms with Crippen molar-refractivity contribution in [3.05, 3.63) is 59.1 Å². The number of aromatic nitrogens is 2. The van der Waals surface area contributed by atoms with E-state index >= 15 is 0 Å². The molecule has 1 fully saturated rings. The molecule has 0 aliphatic carbocycles. The van der Waals surface area contributed by atoms with E-state index in [0.717, 1.165) is 80.0 Å². The Bertz CT molecular complexity index is 975. The average Bonchev–Trinajstić information content (AvgIpc) is 2.78. The van der Waals surface area contributed by atoms with Gasteiger partial charge < -0.3 is 15.0 Å². The molecule has 158 valence electrons. The van der Waals surface area contributed by atoms with Crippen LogP contribution in [-0.4, -0.2) is 61.3 Å². The Morgan fingerprint density at radius 1 is 1.00 bits per heavy atom. The van der Waals surface area contributed by atoms with Gasteiger partial charge in [0.25, 0.3) is 0 Å². The van der Waals surface area contributed by atoms with Crippen LogP contribution in [0.2, 0.25) is 5.02 Å². The van der Waals surface area contributed by atoms with Crippen molar-refractivity contribution in [1.29, 1.82) is 0 Å². The number of piperazine rings is 1. The molecule has 2 heterocycles. The lowest BCUT2D eigenvalue weighted by molar-refractivity contribution is 0.198. The van der Waals surface area contributed by atoms with E-state index in [1.54, 1.807) is 7.11 Å². The zero-order valence-electron chi connectivity index (χ0n) is 17.4. The summed E-state index contributed by atoms with van der Waals surface area (Å²) in [4.78, 5) is 14.4. The van der Waals surface area contributed by atoms with Crippen LogP contribution in [0.25, 0.3) is 10.9 Å². The number of hydrogen-bond donors (Lipinski definition) is 1. The van der Waals surface area contributed by atoms with Gasteiger partial charge >= 0.3 is 0 Å². The number of nitrogens with one attached hydrogen (secondary N) is 1. The highest BCUT2D eigenvalue weighted by Crippen LogP contribution is 2.25. The van der Waals surface area contributed by atoms with Gasteiger partial charge in [-0.25, -0.2) is 4.98 Å². The fraction of sp³-hybridized carbons (Fsp3) is 0.391. The highest BCUT2D eigenvalue weighted by molar-refractivity contribution is 6.31. The minimum atomic E-state index is 0.732. The van der Waals surface area contributed by atoms with E-state index in [4.69, 9.17) is 26.3 Å². The molecule has 1 N–H and O–H groups in total. The lowest BCUT2D eigenvalue weighted by Gasteiger charge is -2.35. The summed E-state index contributed by atoms with van der Waals surface area (Å²) in [6.07, 6.45) is 0.935. The molecule has 4 rings (SSSR count). The monoisotopic (exact) mass is 425 g/mol. The normalized spacial score (nSPS) is 14.9. The van der Waals surface area contributed by atoms with Crippen molar-refractivity contribution in [3.63, 3.8) is 0 Å². The lowest BCUT2D eigenvalue weighted by atomic mass is 10.2. The molecule has 1 saturated heterocycles. The van der Waals surface area contributed by atoms with Gasteiger partial charge in [-0.1, -0.05) is 41.9 Å². The van der Waals surface area contributed by atoms with Crippen LogP contribution in [0, 0.1) is 0 Å². The average molecular weight is 426 g/mol. The van der Waals surface area contributed by atoms with Gasteiger partial charge in [0.15, 0.2) is 0 Å². The molecule has 0 saturated carbocycles. The van der Waals surface area contributed by atoms with Crippen molar-refractivity contribution < 1.29 is 4.74 Å². The van der Waals surface area contributed by atoms with Gasteiger partial charge in [-0.2, -0.15) is 4.98 Å². The van der Waals surface area contributed by atoms with E-state index in [1.165, 1.54) is 5.56 Å². The SMILES string of the molecule is COCCCNc1nc(N2CCN(Cc3ccccc3Cl)CC2)nc2ccccc12. The first-order valence-corrected chi connectivity index (χ1v) is 10.8. The van der Waals surface area contributed by atoms with Gasteiger partial charge in [-0.15, -0.1) is 0 Å². The second-order valence-electron chi connectivity index (χ2n) is 7.52. The smallest absolute Gasteiger partial charge is 0.227 e. The molecule has 30 heavy (non-hydrogen) atoms. The molecular formula is C23H28ClN5O. The summed E-state index contributed by atoms with van der Waals surface area (Å²) in [6.45, 7) is 6.13. The molecule has 0 radical (unpaired) electrons. The number of hydrogen-bond acceptors (Lipinski definition) is 6. The minimum absolute atomic E-state index is 0.732. The van der Waals surface area contributed by atoms with Crippen LogP contribution in [0.5, 0.6) is 0 Å². The van der Waals surface area contributed by atoms with E-state index in [9.17, 15) is 0 Å². The fourth-order valence-electron chi connectivity index (χ4n) is 3.74. The molecule has 1 aromatic heterocycles. The number of anilines is 2. The number of halogens is 1. The van der Waals surface area contributed by atoms with Crippen molar-refractivity contribution in [1.82, 2.24) is 14.9 Å². The van der Waals surface area contributed by atoms with Crippen LogP contribution in [0.15, 0.2) is 48.5 Å². The Labute approximate surface area is 182 Å². The third kappa shape index (κ3) is 5.01. The Morgan fingerprint density at radius 2 is 1.77 bits per heavy atom. The molecule has 0 unspecified atom stereocenters. The summed E-state index contributed by atoms with van der Waals surface area (Å²) >= 11 is 6.33. The second-order valence-corrected chi connectivity index (χ2v) is 7.92. The summed E-state index contributed by atoms with van der Waals surface area (Å²) < 4.78 is 5.15. The predicted octanol–water partition coefficient (Wildman–Crippen LogP) is 4.05. The summed E-state index contributed by atoms with van der Waals surface area (Å²) in [5.74, 6) is 1.69. The molecule has 0 amide bonds. The van der Waals surface area contributed by atoms with Crippen molar-refractivity contribution in [2.75, 3.05) is 56.7 Å². The third-order valence-corrected chi connectivity index (χ3v) is 5.78. The Hall–Kier alpha value is -2.41. The maximum atomic E-state index is 6.33. The topological polar surface area (TPSA) is 53.5 Å². The number of para-hydroxylation sites is 1. The standard InChI is InChI=1S/C23H28ClN5O/c1-30-16-6-11-25-22-19-8-3-5-10-21(19)26-23(27-22)29-14-12-28(13-15-29)17-18-7-2-4-9-20(18)24/h2-5,7-10H,6,11-17H2,1H3,(H,25,26,27). The maximum Gasteiger partial charge on any atom is 0.227 e. The zero-order chi connectivity index (χ0) is 20.8. The third-order valence-electron chi connectivity index (χ3n) is 5.42. The molecule has 1 aliphatic rings. The van der Waals surface area contributed by atoms with Gasteiger partial charge in [-0.05, 0) is 30.2 Å². The molecular weight excluding hydrogens is 398 g/mol. The molecule has 0 spiro atoms. The van der Waals surface area contributed by atoms with Crippen LogP contribution in [0.4, 0.5) is 11.8 Å². The van der Waals surface area contributed by atoms with Crippen molar-refractivity contribution in [2.45, 2.75) is 13.0 Å². The molecule has 3 aromatic rings. The quantitative estimate of drug-likeness (QED) is 0.549. The lowest BCUT2D eigenvalue weighted by Crippen LogP contribution is -2.46. The van der Waals surface area contributed by atoms with E-state index in [2.05, 4.69) is 33.3 Å². The van der Waals surface area contributed by atoms with Gasteiger partial charge in [0.2, 0.25) is 5.95 Å². The number of ether oxygens (including phenoxy) is 1. The molecule has 6 nitrogen and oxygen atoms in total. The minimum Gasteiger partial charge on any atom is -0.385 e. The highest BCUT2D eigenvalue weighted by atomic mass is 35.5. The Kier molecular flexibility index (Phi) is 7.00. The number of nitrogens with zero attached hydrogens (tertiary/aromatic N) is 4. The van der Waals surface area contributed by atoms with Crippen LogP contribution >= 0.6 is 11.6 Å². The number of fused-ring (bicyclic) bond motifs is 1. The summed E-state index contributed by atoms with van der Waals surface area (Å²) in [5, 5.41) is 5.35. The second kappa shape index (κ2) is 10.1. The van der Waals surface area contributed by atoms with Crippen LogP contribution in [0.3, 0.4) is 0 Å². The maximum absolute atomic E-state index is 6.33. The molecule has 7 heteroatoms.